The predicted molar refractivity (Wildman–Crippen MR) is 79.0 cm³/mol. The Morgan fingerprint density at radius 1 is 1.33 bits per heavy atom. The van der Waals surface area contributed by atoms with E-state index in [1.807, 2.05) is 13.0 Å². The molecule has 21 heavy (non-hydrogen) atoms. The lowest BCUT2D eigenvalue weighted by Crippen LogP contribution is -2.03. The van der Waals surface area contributed by atoms with Crippen LogP contribution in [0.5, 0.6) is 17.4 Å². The third kappa shape index (κ3) is 3.74. The van der Waals surface area contributed by atoms with E-state index in [1.54, 1.807) is 18.2 Å². The fraction of sp³-hybridized carbons (Fsp3) is 0.214. The summed E-state index contributed by atoms with van der Waals surface area (Å²) in [7, 11) is 1.52. The number of rotatable bonds is 5. The second kappa shape index (κ2) is 6.77. The summed E-state index contributed by atoms with van der Waals surface area (Å²) in [4.78, 5) is 8.19. The van der Waals surface area contributed by atoms with Gasteiger partial charge in [0.2, 0.25) is 11.8 Å². The highest BCUT2D eigenvalue weighted by Gasteiger charge is 2.10. The van der Waals surface area contributed by atoms with E-state index in [4.69, 9.17) is 26.3 Å². The van der Waals surface area contributed by atoms with Crippen molar-refractivity contribution in [2.45, 2.75) is 6.92 Å². The van der Waals surface area contributed by atoms with Gasteiger partial charge in [0.05, 0.1) is 24.9 Å². The molecule has 0 aliphatic rings. The van der Waals surface area contributed by atoms with E-state index in [2.05, 4.69) is 15.3 Å². The minimum atomic E-state index is 0.208. The first kappa shape index (κ1) is 14.9. The van der Waals surface area contributed by atoms with Crippen molar-refractivity contribution >= 4 is 17.5 Å². The molecular weight excluding hydrogens is 292 g/mol. The van der Waals surface area contributed by atoms with Crippen molar-refractivity contribution in [2.75, 3.05) is 19.0 Å². The fourth-order valence-electron chi connectivity index (χ4n) is 1.59. The predicted octanol–water partition coefficient (Wildman–Crippen LogP) is 3.23. The molecule has 0 radical (unpaired) electrons. The number of nitrogens with zero attached hydrogens (tertiary/aromatic N) is 3. The Morgan fingerprint density at radius 3 is 2.76 bits per heavy atom. The van der Waals surface area contributed by atoms with E-state index in [1.165, 1.54) is 13.3 Å². The largest absolute Gasteiger partial charge is 0.497 e. The first-order valence-electron chi connectivity index (χ1n) is 6.19. The van der Waals surface area contributed by atoms with Gasteiger partial charge in [-0.1, -0.05) is 11.6 Å². The van der Waals surface area contributed by atoms with Crippen LogP contribution in [0.15, 0.2) is 24.4 Å². The maximum atomic E-state index is 8.99. The van der Waals surface area contributed by atoms with Gasteiger partial charge in [-0.2, -0.15) is 10.2 Å². The number of anilines is 1. The molecule has 0 bridgehead atoms. The van der Waals surface area contributed by atoms with Gasteiger partial charge in [-0.25, -0.2) is 4.98 Å². The smallest absolute Gasteiger partial charge is 0.243 e. The van der Waals surface area contributed by atoms with E-state index in [9.17, 15) is 0 Å². The molecule has 2 rings (SSSR count). The summed E-state index contributed by atoms with van der Waals surface area (Å²) in [6, 6.07) is 6.87. The van der Waals surface area contributed by atoms with Crippen LogP contribution in [0.25, 0.3) is 0 Å². The maximum Gasteiger partial charge on any atom is 0.243 e. The number of methoxy groups -OCH3 is 1. The molecule has 6 nitrogen and oxygen atoms in total. The van der Waals surface area contributed by atoms with Gasteiger partial charge in [0.1, 0.15) is 16.5 Å². The summed E-state index contributed by atoms with van der Waals surface area (Å²) >= 11 is 6.02. The molecular formula is C14H13ClN4O2. The van der Waals surface area contributed by atoms with Crippen molar-refractivity contribution in [1.29, 1.82) is 5.26 Å². The number of nitrogens with one attached hydrogen (secondary N) is 1. The summed E-state index contributed by atoms with van der Waals surface area (Å²) in [6.07, 6.45) is 1.45. The van der Waals surface area contributed by atoms with Crippen LogP contribution in [-0.2, 0) is 0 Å². The van der Waals surface area contributed by atoms with Crippen molar-refractivity contribution in [3.63, 3.8) is 0 Å². The molecule has 108 valence electrons. The van der Waals surface area contributed by atoms with Crippen molar-refractivity contribution in [3.05, 3.63) is 35.0 Å². The average Bonchev–Trinajstić information content (AvgIpc) is 2.50. The number of hydrogen-bond acceptors (Lipinski definition) is 6. The van der Waals surface area contributed by atoms with Gasteiger partial charge in [0.25, 0.3) is 0 Å². The third-order valence-electron chi connectivity index (χ3n) is 2.51. The highest BCUT2D eigenvalue weighted by Crippen LogP contribution is 2.30. The zero-order valence-electron chi connectivity index (χ0n) is 11.6. The first-order valence-corrected chi connectivity index (χ1v) is 6.57. The fourth-order valence-corrected chi connectivity index (χ4v) is 1.72. The SMILES string of the molecule is CCNc1ncc(Cl)c(Oc2cc(C#N)cc(OC)c2)n1. The molecule has 0 fully saturated rings. The quantitative estimate of drug-likeness (QED) is 0.913. The van der Waals surface area contributed by atoms with Crippen LogP contribution < -0.4 is 14.8 Å². The van der Waals surface area contributed by atoms with Gasteiger partial charge in [-0.05, 0) is 19.1 Å². The summed E-state index contributed by atoms with van der Waals surface area (Å²) < 4.78 is 10.7. The number of halogens is 1. The monoisotopic (exact) mass is 304 g/mol. The zero-order valence-corrected chi connectivity index (χ0v) is 12.3. The van der Waals surface area contributed by atoms with Crippen molar-refractivity contribution in [2.24, 2.45) is 0 Å². The molecule has 0 saturated heterocycles. The van der Waals surface area contributed by atoms with E-state index < -0.39 is 0 Å². The van der Waals surface area contributed by atoms with Crippen LogP contribution >= 0.6 is 11.6 Å². The lowest BCUT2D eigenvalue weighted by molar-refractivity contribution is 0.407. The average molecular weight is 305 g/mol. The molecule has 0 aliphatic heterocycles. The van der Waals surface area contributed by atoms with Gasteiger partial charge in [0.15, 0.2) is 0 Å². The second-order valence-corrected chi connectivity index (χ2v) is 4.40. The highest BCUT2D eigenvalue weighted by molar-refractivity contribution is 6.31. The minimum absolute atomic E-state index is 0.208. The Kier molecular flexibility index (Phi) is 4.80. The topological polar surface area (TPSA) is 80.1 Å². The molecule has 1 N–H and O–H groups in total. The van der Waals surface area contributed by atoms with Crippen LogP contribution in [-0.4, -0.2) is 23.6 Å². The Morgan fingerprint density at radius 2 is 2.10 bits per heavy atom. The molecule has 0 spiro atoms. The Hall–Kier alpha value is -2.52. The van der Waals surface area contributed by atoms with E-state index in [0.29, 0.717) is 29.6 Å². The molecule has 0 saturated carbocycles. The second-order valence-electron chi connectivity index (χ2n) is 3.99. The van der Waals surface area contributed by atoms with Gasteiger partial charge in [0, 0.05) is 12.6 Å². The van der Waals surface area contributed by atoms with Gasteiger partial charge >= 0.3 is 0 Å². The molecule has 0 aliphatic carbocycles. The van der Waals surface area contributed by atoms with E-state index >= 15 is 0 Å². The molecule has 0 amide bonds. The van der Waals surface area contributed by atoms with Gasteiger partial charge < -0.3 is 14.8 Å². The van der Waals surface area contributed by atoms with Gasteiger partial charge in [-0.3, -0.25) is 0 Å². The molecule has 2 aromatic rings. The number of ether oxygens (including phenoxy) is 2. The van der Waals surface area contributed by atoms with Crippen molar-refractivity contribution < 1.29 is 9.47 Å². The van der Waals surface area contributed by atoms with Crippen LogP contribution in [0.2, 0.25) is 5.02 Å². The number of hydrogen-bond donors (Lipinski definition) is 1. The Labute approximate surface area is 127 Å². The highest BCUT2D eigenvalue weighted by atomic mass is 35.5. The van der Waals surface area contributed by atoms with Crippen molar-refractivity contribution in [1.82, 2.24) is 9.97 Å². The molecule has 7 heteroatoms. The summed E-state index contributed by atoms with van der Waals surface area (Å²) in [5, 5.41) is 12.2. The van der Waals surface area contributed by atoms with Crippen LogP contribution in [0.1, 0.15) is 12.5 Å². The molecule has 0 unspecified atom stereocenters. The number of aromatic nitrogens is 2. The lowest BCUT2D eigenvalue weighted by Gasteiger charge is -2.10. The van der Waals surface area contributed by atoms with Crippen molar-refractivity contribution in [3.8, 4) is 23.4 Å². The molecule has 1 aromatic carbocycles. The molecule has 1 heterocycles. The first-order chi connectivity index (χ1) is 10.2. The van der Waals surface area contributed by atoms with Crippen LogP contribution in [0.4, 0.5) is 5.95 Å². The summed E-state index contributed by atoms with van der Waals surface area (Å²) in [6.45, 7) is 2.61. The van der Waals surface area contributed by atoms with E-state index in [-0.39, 0.29) is 10.9 Å². The Bertz CT molecular complexity index is 685. The third-order valence-corrected chi connectivity index (χ3v) is 2.77. The summed E-state index contributed by atoms with van der Waals surface area (Å²) in [5.41, 5.74) is 0.418. The normalized spacial score (nSPS) is 9.81. The minimum Gasteiger partial charge on any atom is -0.497 e. The summed E-state index contributed by atoms with van der Waals surface area (Å²) in [5.74, 6) is 1.55. The van der Waals surface area contributed by atoms with Gasteiger partial charge in [-0.15, -0.1) is 0 Å². The lowest BCUT2D eigenvalue weighted by atomic mass is 10.2. The molecule has 0 atom stereocenters. The maximum absolute atomic E-state index is 8.99. The van der Waals surface area contributed by atoms with Crippen LogP contribution in [0, 0.1) is 11.3 Å². The Balaban J connectivity index is 2.33. The number of benzene rings is 1. The molecule has 1 aromatic heterocycles. The van der Waals surface area contributed by atoms with E-state index in [0.717, 1.165) is 0 Å². The number of nitriles is 1. The zero-order chi connectivity index (χ0) is 15.2. The standard InChI is InChI=1S/C14H13ClN4O2/c1-3-17-14-18-8-12(15)13(19-14)21-11-5-9(7-16)4-10(6-11)20-2/h4-6,8H,3H2,1-2H3,(H,17,18,19). The van der Waals surface area contributed by atoms with Crippen LogP contribution in [0.3, 0.4) is 0 Å².